The van der Waals surface area contributed by atoms with Gasteiger partial charge in [0.25, 0.3) is 0 Å². The molecule has 1 aliphatic heterocycles. The van der Waals surface area contributed by atoms with E-state index in [1.165, 1.54) is 15.4 Å². The Kier molecular flexibility index (Phi) is 9.27. The van der Waals surface area contributed by atoms with Crippen LogP contribution in [0.5, 0.6) is 0 Å². The highest BCUT2D eigenvalue weighted by atomic mass is 32.2. The summed E-state index contributed by atoms with van der Waals surface area (Å²) in [6.45, 7) is 4.79. The maximum absolute atomic E-state index is 9.55. The van der Waals surface area contributed by atoms with Crippen molar-refractivity contribution in [1.29, 1.82) is 0 Å². The number of hydrogen-bond donors (Lipinski definition) is 2. The topological polar surface area (TPSA) is 87.1 Å². The Hall–Kier alpha value is -2.61. The first-order valence-electron chi connectivity index (χ1n) is 8.79. The summed E-state index contributed by atoms with van der Waals surface area (Å²) >= 11 is 1.84. The first-order valence-corrected chi connectivity index (χ1v) is 9.61. The Labute approximate surface area is 168 Å². The van der Waals surface area contributed by atoms with Crippen LogP contribution in [0.2, 0.25) is 0 Å². The van der Waals surface area contributed by atoms with E-state index in [1.54, 1.807) is 0 Å². The molecule has 0 atom stereocenters. The van der Waals surface area contributed by atoms with E-state index in [1.807, 2.05) is 11.8 Å². The number of carbonyl (C=O) groups is 2. The summed E-state index contributed by atoms with van der Waals surface area (Å²) in [4.78, 5) is 24.2. The predicted molar refractivity (Wildman–Crippen MR) is 108 cm³/mol. The highest BCUT2D eigenvalue weighted by Gasteiger charge is 2.13. The molecule has 148 valence electrons. The zero-order chi connectivity index (χ0) is 20.2. The van der Waals surface area contributed by atoms with Gasteiger partial charge in [0.15, 0.2) is 0 Å². The lowest BCUT2D eigenvalue weighted by atomic mass is 10.2. The summed E-state index contributed by atoms with van der Waals surface area (Å²) in [6.07, 6.45) is 1.12. The minimum Gasteiger partial charge on any atom is -0.478 e. The second kappa shape index (κ2) is 12.0. The first-order chi connectivity index (χ1) is 13.5. The zero-order valence-corrected chi connectivity index (χ0v) is 16.2. The van der Waals surface area contributed by atoms with Crippen molar-refractivity contribution in [3.63, 3.8) is 0 Å². The smallest absolute Gasteiger partial charge is 0.328 e. The van der Waals surface area contributed by atoms with Gasteiger partial charge in [-0.1, -0.05) is 48.2 Å². The van der Waals surface area contributed by atoms with Crippen LogP contribution in [-0.4, -0.2) is 53.4 Å². The lowest BCUT2D eigenvalue weighted by Crippen LogP contribution is -2.35. The van der Waals surface area contributed by atoms with Crippen LogP contribution < -0.4 is 0 Å². The van der Waals surface area contributed by atoms with Gasteiger partial charge in [0, 0.05) is 41.6 Å². The molecule has 2 aromatic carbocycles. The maximum atomic E-state index is 9.55. The van der Waals surface area contributed by atoms with Gasteiger partial charge in [-0.15, -0.1) is 0 Å². The van der Waals surface area contributed by atoms with E-state index in [-0.39, 0.29) is 0 Å². The Morgan fingerprint density at radius 2 is 1.50 bits per heavy atom. The number of carboxylic acid groups (broad SMARTS) is 2. The average molecular weight is 401 g/mol. The van der Waals surface area contributed by atoms with Crippen molar-refractivity contribution in [1.82, 2.24) is 4.90 Å². The Morgan fingerprint density at radius 3 is 2.11 bits per heavy atom. The van der Waals surface area contributed by atoms with Gasteiger partial charge >= 0.3 is 11.9 Å². The molecule has 0 bridgehead atoms. The van der Waals surface area contributed by atoms with Crippen LogP contribution in [0, 0.1) is 0 Å². The molecule has 6 nitrogen and oxygen atoms in total. The number of morpholine rings is 1. The molecule has 0 aromatic heterocycles. The van der Waals surface area contributed by atoms with Gasteiger partial charge in [0.05, 0.1) is 13.2 Å². The Bertz CT molecular complexity index is 772. The van der Waals surface area contributed by atoms with E-state index in [0.29, 0.717) is 12.2 Å². The maximum Gasteiger partial charge on any atom is 0.328 e. The first kappa shape index (κ1) is 21.7. The van der Waals surface area contributed by atoms with E-state index in [9.17, 15) is 9.59 Å². The third-order valence-corrected chi connectivity index (χ3v) is 4.94. The van der Waals surface area contributed by atoms with Crippen molar-refractivity contribution >= 4 is 23.7 Å². The minimum absolute atomic E-state index is 0.558. The minimum atomic E-state index is -1.26. The van der Waals surface area contributed by atoms with Gasteiger partial charge in [-0.25, -0.2) is 9.59 Å². The number of benzene rings is 2. The Balaban J connectivity index is 0.000000300. The van der Waals surface area contributed by atoms with Crippen molar-refractivity contribution in [2.75, 3.05) is 26.3 Å². The normalized spacial score (nSPS) is 14.3. The van der Waals surface area contributed by atoms with E-state index in [4.69, 9.17) is 14.9 Å². The molecule has 2 N–H and O–H groups in total. The van der Waals surface area contributed by atoms with Crippen LogP contribution >= 0.6 is 11.8 Å². The van der Waals surface area contributed by atoms with Crippen molar-refractivity contribution in [3.05, 3.63) is 72.3 Å². The van der Waals surface area contributed by atoms with Crippen LogP contribution in [0.25, 0.3) is 0 Å². The molecule has 1 aliphatic rings. The third kappa shape index (κ3) is 8.39. The van der Waals surface area contributed by atoms with Crippen LogP contribution in [0.3, 0.4) is 0 Å². The molecular weight excluding hydrogens is 378 g/mol. The molecular formula is C21H23NO5S. The summed E-state index contributed by atoms with van der Waals surface area (Å²) in [5, 5.41) is 15.6. The van der Waals surface area contributed by atoms with Gasteiger partial charge in [0.1, 0.15) is 0 Å². The Morgan fingerprint density at radius 1 is 0.929 bits per heavy atom. The van der Waals surface area contributed by atoms with E-state index in [2.05, 4.69) is 59.5 Å². The third-order valence-electron chi connectivity index (χ3n) is 3.81. The number of ether oxygens (including phenoxy) is 1. The van der Waals surface area contributed by atoms with E-state index >= 15 is 0 Å². The molecule has 0 saturated carbocycles. The van der Waals surface area contributed by atoms with Crippen molar-refractivity contribution < 1.29 is 24.5 Å². The fourth-order valence-electron chi connectivity index (χ4n) is 2.49. The predicted octanol–water partition coefficient (Wildman–Crippen LogP) is 3.38. The summed E-state index contributed by atoms with van der Waals surface area (Å²) in [7, 11) is 0. The fraction of sp³-hybridized carbons (Fsp3) is 0.238. The SMILES string of the molecule is O=C(O)/C=C/C(=O)O.c1ccc(Sc2ccccc2CN2CCOCC2)cc1. The molecule has 1 fully saturated rings. The molecule has 0 unspecified atom stereocenters. The molecule has 28 heavy (non-hydrogen) atoms. The van der Waals surface area contributed by atoms with Gasteiger partial charge < -0.3 is 14.9 Å². The quantitative estimate of drug-likeness (QED) is 0.718. The van der Waals surface area contributed by atoms with Crippen molar-refractivity contribution in [2.24, 2.45) is 0 Å². The second-order valence-corrected chi connectivity index (χ2v) is 7.04. The number of aliphatic carboxylic acids is 2. The number of nitrogens with zero attached hydrogens (tertiary/aromatic N) is 1. The molecule has 3 rings (SSSR count). The molecule has 7 heteroatoms. The summed E-state index contributed by atoms with van der Waals surface area (Å²) in [5.74, 6) is -2.51. The molecule has 0 radical (unpaired) electrons. The summed E-state index contributed by atoms with van der Waals surface area (Å²) in [6, 6.07) is 19.3. The van der Waals surface area contributed by atoms with Gasteiger partial charge in [-0.2, -0.15) is 0 Å². The molecule has 2 aromatic rings. The molecule has 0 spiro atoms. The van der Waals surface area contributed by atoms with Gasteiger partial charge in [-0.3, -0.25) is 4.90 Å². The summed E-state index contributed by atoms with van der Waals surface area (Å²) in [5.41, 5.74) is 1.41. The average Bonchev–Trinajstić information content (AvgIpc) is 2.70. The van der Waals surface area contributed by atoms with E-state index < -0.39 is 11.9 Å². The summed E-state index contributed by atoms with van der Waals surface area (Å²) < 4.78 is 5.42. The van der Waals surface area contributed by atoms with Gasteiger partial charge in [0.2, 0.25) is 0 Å². The van der Waals surface area contributed by atoms with Crippen LogP contribution in [0.15, 0.2) is 76.5 Å². The molecule has 0 aliphatic carbocycles. The monoisotopic (exact) mass is 401 g/mol. The second-order valence-electron chi connectivity index (χ2n) is 5.92. The van der Waals surface area contributed by atoms with Gasteiger partial charge in [-0.05, 0) is 23.8 Å². The zero-order valence-electron chi connectivity index (χ0n) is 15.4. The van der Waals surface area contributed by atoms with Crippen LogP contribution in [-0.2, 0) is 20.9 Å². The highest BCUT2D eigenvalue weighted by Crippen LogP contribution is 2.30. The highest BCUT2D eigenvalue weighted by molar-refractivity contribution is 7.99. The number of rotatable bonds is 6. The lowest BCUT2D eigenvalue weighted by molar-refractivity contribution is -0.134. The molecule has 0 amide bonds. The lowest BCUT2D eigenvalue weighted by Gasteiger charge is -2.27. The van der Waals surface area contributed by atoms with Crippen molar-refractivity contribution in [3.8, 4) is 0 Å². The number of carboxylic acids is 2. The van der Waals surface area contributed by atoms with Crippen LogP contribution in [0.4, 0.5) is 0 Å². The largest absolute Gasteiger partial charge is 0.478 e. The van der Waals surface area contributed by atoms with Crippen LogP contribution in [0.1, 0.15) is 5.56 Å². The van der Waals surface area contributed by atoms with E-state index in [0.717, 1.165) is 32.8 Å². The number of hydrogen-bond acceptors (Lipinski definition) is 5. The standard InChI is InChI=1S/C17H19NOS.C4H4O4/c1-2-7-16(8-3-1)20-17-9-5-4-6-15(17)14-18-10-12-19-13-11-18;5-3(6)1-2-4(7)8/h1-9H,10-14H2;1-2H,(H,5,6)(H,7,8)/b;2-1+. The van der Waals surface area contributed by atoms with Crippen molar-refractivity contribution in [2.45, 2.75) is 16.3 Å². The molecule has 1 saturated heterocycles. The molecule has 1 heterocycles. The fourth-order valence-corrected chi connectivity index (χ4v) is 3.45.